The Kier molecular flexibility index (Phi) is 5.67. The third-order valence-electron chi connectivity index (χ3n) is 4.92. The molecule has 1 aliphatic rings. The maximum Gasteiger partial charge on any atom is 0.251 e. The van der Waals surface area contributed by atoms with Crippen LogP contribution < -0.4 is 5.32 Å². The second kappa shape index (κ2) is 8.71. The van der Waals surface area contributed by atoms with Crippen LogP contribution in [0.2, 0.25) is 0 Å². The fraction of sp³-hybridized carbons (Fsp3) is 0.350. The average molecular weight is 377 g/mol. The van der Waals surface area contributed by atoms with E-state index in [1.807, 2.05) is 24.4 Å². The van der Waals surface area contributed by atoms with Crippen LogP contribution in [0.15, 0.2) is 42.6 Å². The second-order valence-corrected chi connectivity index (χ2v) is 6.98. The number of tetrazole rings is 1. The number of nitrogens with zero attached hydrogens (tertiary/aromatic N) is 5. The molecule has 0 unspecified atom stereocenters. The molecule has 4 rings (SSSR count). The molecule has 0 saturated carbocycles. The minimum atomic E-state index is -0.179. The molecule has 2 N–H and O–H groups in total. The zero-order chi connectivity index (χ0) is 19.2. The molecular formula is C20H23N7O. The summed E-state index contributed by atoms with van der Waals surface area (Å²) >= 11 is 0. The number of nitrogens with one attached hydrogen (secondary N) is 2. The maximum atomic E-state index is 12.2. The Labute approximate surface area is 163 Å². The van der Waals surface area contributed by atoms with Crippen LogP contribution in [0.25, 0.3) is 11.3 Å². The summed E-state index contributed by atoms with van der Waals surface area (Å²) in [6.45, 7) is 3.56. The number of amides is 1. The highest BCUT2D eigenvalue weighted by molar-refractivity contribution is 5.94. The Bertz CT molecular complexity index is 885. The quantitative estimate of drug-likeness (QED) is 0.683. The van der Waals surface area contributed by atoms with Gasteiger partial charge in [-0.15, -0.1) is 10.2 Å². The van der Waals surface area contributed by atoms with Gasteiger partial charge in [0.1, 0.15) is 0 Å². The SMILES string of the molecule is O=C(NCc1nn[nH]n1)c1ccc(-c2ccc(CN3CCCCC3)cn2)cc1. The van der Waals surface area contributed by atoms with Crippen molar-refractivity contribution in [2.45, 2.75) is 32.4 Å². The first kappa shape index (κ1) is 18.2. The van der Waals surface area contributed by atoms with Gasteiger partial charge in [-0.25, -0.2) is 0 Å². The van der Waals surface area contributed by atoms with Crippen molar-refractivity contribution in [2.75, 3.05) is 13.1 Å². The lowest BCUT2D eigenvalue weighted by Crippen LogP contribution is -2.29. The number of pyridine rings is 1. The van der Waals surface area contributed by atoms with Crippen LogP contribution in [0.4, 0.5) is 0 Å². The van der Waals surface area contributed by atoms with Gasteiger partial charge >= 0.3 is 0 Å². The number of carbonyl (C=O) groups excluding carboxylic acids is 1. The Morgan fingerprint density at radius 1 is 1.07 bits per heavy atom. The van der Waals surface area contributed by atoms with E-state index < -0.39 is 0 Å². The summed E-state index contributed by atoms with van der Waals surface area (Å²) < 4.78 is 0. The molecule has 1 fully saturated rings. The van der Waals surface area contributed by atoms with Gasteiger partial charge in [0.25, 0.3) is 5.91 Å². The van der Waals surface area contributed by atoms with Crippen molar-refractivity contribution < 1.29 is 4.79 Å². The summed E-state index contributed by atoms with van der Waals surface area (Å²) in [6, 6.07) is 11.6. The van der Waals surface area contributed by atoms with Gasteiger partial charge in [0.2, 0.25) is 0 Å². The van der Waals surface area contributed by atoms with Gasteiger partial charge < -0.3 is 5.32 Å². The van der Waals surface area contributed by atoms with Gasteiger partial charge in [0.15, 0.2) is 5.82 Å². The van der Waals surface area contributed by atoms with E-state index in [1.54, 1.807) is 12.1 Å². The molecule has 1 amide bonds. The number of carbonyl (C=O) groups is 1. The lowest BCUT2D eigenvalue weighted by atomic mass is 10.1. The summed E-state index contributed by atoms with van der Waals surface area (Å²) in [6.07, 6.45) is 5.88. The van der Waals surface area contributed by atoms with Crippen LogP contribution in [0, 0.1) is 0 Å². The average Bonchev–Trinajstić information content (AvgIpc) is 3.27. The molecule has 3 heterocycles. The topological polar surface area (TPSA) is 99.7 Å². The van der Waals surface area contributed by atoms with Crippen molar-refractivity contribution in [3.63, 3.8) is 0 Å². The first-order valence-electron chi connectivity index (χ1n) is 9.56. The van der Waals surface area contributed by atoms with Gasteiger partial charge in [-0.05, 0) is 49.7 Å². The van der Waals surface area contributed by atoms with Gasteiger partial charge in [0, 0.05) is 23.9 Å². The van der Waals surface area contributed by atoms with Crippen LogP contribution in [-0.4, -0.2) is 49.5 Å². The smallest absolute Gasteiger partial charge is 0.251 e. The standard InChI is InChI=1S/C20H23N7O/c28-20(22-13-19-23-25-26-24-19)17-7-5-16(6-8-17)18-9-4-15(12-21-18)14-27-10-2-1-3-11-27/h4-9,12H,1-3,10-11,13-14H2,(H,22,28)(H,23,24,25,26). The van der Waals surface area contributed by atoms with Gasteiger partial charge in [-0.2, -0.15) is 5.21 Å². The zero-order valence-electron chi connectivity index (χ0n) is 15.6. The summed E-state index contributed by atoms with van der Waals surface area (Å²) in [5.41, 5.74) is 3.71. The van der Waals surface area contributed by atoms with Crippen molar-refractivity contribution >= 4 is 5.91 Å². The van der Waals surface area contributed by atoms with Gasteiger partial charge in [-0.1, -0.05) is 29.8 Å². The third-order valence-corrected chi connectivity index (χ3v) is 4.92. The van der Waals surface area contributed by atoms with E-state index >= 15 is 0 Å². The number of rotatable bonds is 6. The number of hydrogen-bond donors (Lipinski definition) is 2. The largest absolute Gasteiger partial charge is 0.345 e. The summed E-state index contributed by atoms with van der Waals surface area (Å²) in [7, 11) is 0. The molecule has 8 nitrogen and oxygen atoms in total. The van der Waals surface area contributed by atoms with Gasteiger partial charge in [0.05, 0.1) is 12.2 Å². The van der Waals surface area contributed by atoms with Crippen LogP contribution in [-0.2, 0) is 13.1 Å². The van der Waals surface area contributed by atoms with E-state index in [9.17, 15) is 4.79 Å². The van der Waals surface area contributed by atoms with E-state index in [0.717, 1.165) is 17.8 Å². The highest BCUT2D eigenvalue weighted by Gasteiger charge is 2.11. The predicted molar refractivity (Wildman–Crippen MR) is 104 cm³/mol. The Balaban J connectivity index is 1.35. The Hall–Kier alpha value is -3.13. The molecule has 0 radical (unpaired) electrons. The van der Waals surface area contributed by atoms with Crippen LogP contribution >= 0.6 is 0 Å². The molecule has 1 saturated heterocycles. The fourth-order valence-electron chi connectivity index (χ4n) is 3.38. The van der Waals surface area contributed by atoms with Crippen molar-refractivity contribution in [3.05, 3.63) is 59.5 Å². The van der Waals surface area contributed by atoms with E-state index in [0.29, 0.717) is 11.4 Å². The molecule has 0 aliphatic carbocycles. The summed E-state index contributed by atoms with van der Waals surface area (Å²) in [4.78, 5) is 19.3. The number of H-pyrrole nitrogens is 1. The number of likely N-dealkylation sites (tertiary alicyclic amines) is 1. The second-order valence-electron chi connectivity index (χ2n) is 6.98. The monoisotopic (exact) mass is 377 g/mol. The third kappa shape index (κ3) is 4.58. The van der Waals surface area contributed by atoms with Crippen LogP contribution in [0.3, 0.4) is 0 Å². The normalized spacial score (nSPS) is 14.7. The number of hydrogen-bond acceptors (Lipinski definition) is 6. The lowest BCUT2D eigenvalue weighted by Gasteiger charge is -2.26. The van der Waals surface area contributed by atoms with Crippen molar-refractivity contribution in [1.29, 1.82) is 0 Å². The zero-order valence-corrected chi connectivity index (χ0v) is 15.6. The van der Waals surface area contributed by atoms with E-state index in [-0.39, 0.29) is 12.5 Å². The molecule has 144 valence electrons. The summed E-state index contributed by atoms with van der Waals surface area (Å²) in [5, 5.41) is 16.2. The molecule has 2 aromatic heterocycles. The first-order chi connectivity index (χ1) is 13.8. The highest BCUT2D eigenvalue weighted by atomic mass is 16.1. The number of aromatic amines is 1. The van der Waals surface area contributed by atoms with Crippen molar-refractivity contribution in [3.8, 4) is 11.3 Å². The van der Waals surface area contributed by atoms with Crippen LogP contribution in [0.1, 0.15) is 41.0 Å². The molecule has 1 aromatic carbocycles. The lowest BCUT2D eigenvalue weighted by molar-refractivity contribution is 0.0950. The van der Waals surface area contributed by atoms with E-state index in [2.05, 4.69) is 41.9 Å². The molecule has 1 aliphatic heterocycles. The molecule has 0 bridgehead atoms. The number of benzene rings is 1. The maximum absolute atomic E-state index is 12.2. The van der Waals surface area contributed by atoms with E-state index in [1.165, 1.54) is 37.9 Å². The number of piperidine rings is 1. The number of aromatic nitrogens is 5. The molecular weight excluding hydrogens is 354 g/mol. The summed E-state index contributed by atoms with van der Waals surface area (Å²) in [5.74, 6) is 0.264. The fourth-order valence-corrected chi connectivity index (χ4v) is 3.38. The van der Waals surface area contributed by atoms with Gasteiger partial charge in [-0.3, -0.25) is 14.7 Å². The Morgan fingerprint density at radius 3 is 2.57 bits per heavy atom. The van der Waals surface area contributed by atoms with Crippen LogP contribution in [0.5, 0.6) is 0 Å². The highest BCUT2D eigenvalue weighted by Crippen LogP contribution is 2.19. The van der Waals surface area contributed by atoms with E-state index in [4.69, 9.17) is 0 Å². The van der Waals surface area contributed by atoms with Crippen molar-refractivity contribution in [1.82, 2.24) is 35.8 Å². The molecule has 28 heavy (non-hydrogen) atoms. The molecule has 8 heteroatoms. The predicted octanol–water partition coefficient (Wildman–Crippen LogP) is 2.18. The minimum absolute atomic E-state index is 0.179. The molecule has 0 atom stereocenters. The first-order valence-corrected chi connectivity index (χ1v) is 9.56. The minimum Gasteiger partial charge on any atom is -0.345 e. The van der Waals surface area contributed by atoms with Crippen molar-refractivity contribution in [2.24, 2.45) is 0 Å². The molecule has 0 spiro atoms. The Morgan fingerprint density at radius 2 is 1.89 bits per heavy atom. The molecule has 3 aromatic rings.